The SMILES string of the molecule is Cc1ccccc1.Cc1ccccc1.N#Cc1ccc2c(=O)n3c(nc4cc(-c5ccccc5)cc(-c5ccccc5)c43)c3ccc(C#N)c1c23.N#Cc1ccc2c(=O)n3c4ccccc4nc3c3ccc(-c4ccccc4)c1c23.N#Cc1ccc2c(c1)nc1c3ccc(-c4ccccc4)c4c(C#N)ccc(c(=O)n21)c43.N#Cc1ccc2c3c1c(-c1ccccc1)ccc3c(=O)n1c3ccccc3nc21. The summed E-state index contributed by atoms with van der Waals surface area (Å²) in [6, 6.07) is 138. The summed E-state index contributed by atoms with van der Waals surface area (Å²) in [4.78, 5) is 73.7. The highest BCUT2D eigenvalue weighted by molar-refractivity contribution is 6.25. The average molecular weight is 1800 g/mol. The molecular weight excluding hydrogens is 1730 g/mol. The lowest BCUT2D eigenvalue weighted by Gasteiger charge is -2.13. The Balaban J connectivity index is 0.000000103. The molecule has 0 spiro atoms. The van der Waals surface area contributed by atoms with Crippen LogP contribution in [0.4, 0.5) is 0 Å². The third-order valence-electron chi connectivity index (χ3n) is 25.9. The normalized spacial score (nSPS) is 11.1. The van der Waals surface area contributed by atoms with Gasteiger partial charge < -0.3 is 0 Å². The van der Waals surface area contributed by atoms with E-state index in [1.54, 1.807) is 78.3 Å². The maximum Gasteiger partial charge on any atom is 0.264 e. The van der Waals surface area contributed by atoms with Crippen LogP contribution in [0.15, 0.2) is 407 Å². The van der Waals surface area contributed by atoms with Crippen LogP contribution in [0.25, 0.3) is 209 Å². The molecule has 19 aromatic carbocycles. The average Bonchev–Trinajstić information content (AvgIpc) is 1.52. The molecule has 0 radical (unpaired) electrons. The van der Waals surface area contributed by atoms with Crippen LogP contribution in [0.1, 0.15) is 44.5 Å². The molecule has 0 aliphatic heterocycles. The first-order valence-electron chi connectivity index (χ1n) is 45.1. The predicted molar refractivity (Wildman–Crippen MR) is 558 cm³/mol. The lowest BCUT2D eigenvalue weighted by atomic mass is 9.91. The van der Waals surface area contributed by atoms with Crippen molar-refractivity contribution in [2.24, 2.45) is 0 Å². The zero-order valence-corrected chi connectivity index (χ0v) is 74.8. The Morgan fingerprint density at radius 3 is 0.843 bits per heavy atom. The Labute approximate surface area is 796 Å². The quantitative estimate of drug-likeness (QED) is 0.155. The molecule has 0 bridgehead atoms. The van der Waals surface area contributed by atoms with Crippen LogP contribution in [-0.2, 0) is 0 Å². The number of hydrogen-bond donors (Lipinski definition) is 0. The van der Waals surface area contributed by atoms with Crippen molar-refractivity contribution in [1.29, 1.82) is 31.6 Å². The standard InChI is InChI=1S/C32H16N4O.C26H12N4O.2C25H13N3O.2C7H8/c33-17-21-11-13-24-29-25(14-12-22(18-34)28(21)29)32(37)36-30-26(20-9-5-2-6-10-20)15-23(16-27(30)35-31(24)36)19-7-3-1-4-8-19;27-13-15-6-11-22-21(12-15)29-25-19-10-9-18(16-4-2-1-3-5-16)23-17(14-28)7-8-20(24(19)23)26(31)30(22)25;26-14-16-10-11-19-23-18(13-12-17(22(16)23)15-6-2-1-3-7-15)24-27-20-8-4-5-9-21(20)28(24)25(19)29;26-14-16-10-11-18-23-19(13-12-17(22(16)23)15-6-2-1-3-7-15)25(29)28-21-9-5-4-8-20(21)27-24(18)28;2*1-7-5-3-2-4-6-7/h1-16H;1-12H;2*1-13H;2*2-6H,1H3. The van der Waals surface area contributed by atoms with Crippen molar-refractivity contribution < 1.29 is 0 Å². The molecule has 0 aliphatic carbocycles. The smallest absolute Gasteiger partial charge is 0.264 e. The van der Waals surface area contributed by atoms with Gasteiger partial charge in [0.25, 0.3) is 22.2 Å². The number of hydrogen-bond acceptors (Lipinski definition) is 14. The highest BCUT2D eigenvalue weighted by Crippen LogP contribution is 2.45. The zero-order chi connectivity index (χ0) is 95.5. The van der Waals surface area contributed by atoms with Crippen molar-refractivity contribution in [2.45, 2.75) is 13.8 Å². The van der Waals surface area contributed by atoms with Gasteiger partial charge in [-0.25, -0.2) is 19.9 Å². The molecule has 8 heterocycles. The number of pyridine rings is 4. The largest absolute Gasteiger partial charge is 0.268 e. The summed E-state index contributed by atoms with van der Waals surface area (Å²) in [6.07, 6.45) is 0. The van der Waals surface area contributed by atoms with Gasteiger partial charge in [-0.2, -0.15) is 31.6 Å². The predicted octanol–water partition coefficient (Wildman–Crippen LogP) is 25.9. The fourth-order valence-electron chi connectivity index (χ4n) is 19.6. The molecule has 27 aromatic rings. The van der Waals surface area contributed by atoms with E-state index in [-0.39, 0.29) is 22.2 Å². The maximum atomic E-state index is 14.1. The van der Waals surface area contributed by atoms with Gasteiger partial charge in [0, 0.05) is 91.7 Å². The maximum absolute atomic E-state index is 14.1. The van der Waals surface area contributed by atoms with E-state index in [2.05, 4.69) is 92.7 Å². The fraction of sp³-hybridized carbons (Fsp3) is 0.0164. The van der Waals surface area contributed by atoms with Crippen LogP contribution in [-0.4, -0.2) is 37.5 Å². The van der Waals surface area contributed by atoms with Gasteiger partial charge in [0.05, 0.1) is 114 Å². The van der Waals surface area contributed by atoms with Crippen molar-refractivity contribution in [2.75, 3.05) is 0 Å². The van der Waals surface area contributed by atoms with Crippen molar-refractivity contribution in [3.8, 4) is 92.0 Å². The summed E-state index contributed by atoms with van der Waals surface area (Å²) in [6.45, 7) is 4.17. The van der Waals surface area contributed by atoms with E-state index in [0.717, 1.165) is 137 Å². The highest BCUT2D eigenvalue weighted by atomic mass is 16.1. The minimum Gasteiger partial charge on any atom is -0.268 e. The van der Waals surface area contributed by atoms with Gasteiger partial charge in [-0.1, -0.05) is 266 Å². The van der Waals surface area contributed by atoms with E-state index in [1.165, 1.54) is 11.1 Å². The molecule has 0 atom stereocenters. The number of aryl methyl sites for hydroxylation is 2. The number of fused-ring (bicyclic) bond motifs is 16. The molecule has 0 unspecified atom stereocenters. The van der Waals surface area contributed by atoms with E-state index in [0.29, 0.717) is 105 Å². The zero-order valence-electron chi connectivity index (χ0n) is 74.8. The number of imidazole rings is 4. The van der Waals surface area contributed by atoms with Gasteiger partial charge in [0.1, 0.15) is 22.6 Å². The minimum absolute atomic E-state index is 0.110. The minimum atomic E-state index is -0.223. The first-order valence-corrected chi connectivity index (χ1v) is 45.1. The highest BCUT2D eigenvalue weighted by Gasteiger charge is 2.28. The van der Waals surface area contributed by atoms with Crippen LogP contribution in [0, 0.1) is 81.8 Å². The first-order chi connectivity index (χ1) is 68.7. The summed E-state index contributed by atoms with van der Waals surface area (Å²) >= 11 is 0. The second-order valence-corrected chi connectivity index (χ2v) is 34.0. The van der Waals surface area contributed by atoms with Crippen LogP contribution in [0.2, 0.25) is 0 Å². The molecule has 652 valence electrons. The first kappa shape index (κ1) is 85.2. The molecule has 0 amide bonds. The second kappa shape index (κ2) is 35.4. The Bertz CT molecular complexity index is 10000. The molecule has 18 nitrogen and oxygen atoms in total. The molecule has 0 saturated carbocycles. The van der Waals surface area contributed by atoms with Gasteiger partial charge in [-0.15, -0.1) is 0 Å². The summed E-state index contributed by atoms with van der Waals surface area (Å²) in [5, 5.41) is 69.4. The van der Waals surface area contributed by atoms with Crippen LogP contribution in [0.5, 0.6) is 0 Å². The van der Waals surface area contributed by atoms with Crippen molar-refractivity contribution >= 4 is 153 Å². The van der Waals surface area contributed by atoms with Gasteiger partial charge in [0.2, 0.25) is 0 Å². The Kier molecular flexibility index (Phi) is 21.5. The Hall–Kier alpha value is -20.3. The molecular formula is C122H70N14O4. The Morgan fingerprint density at radius 1 is 0.207 bits per heavy atom. The van der Waals surface area contributed by atoms with E-state index in [9.17, 15) is 50.7 Å². The molecule has 27 rings (SSSR count). The van der Waals surface area contributed by atoms with Gasteiger partial charge in [0.15, 0.2) is 0 Å². The van der Waals surface area contributed by atoms with Crippen LogP contribution in [0.3, 0.4) is 0 Å². The van der Waals surface area contributed by atoms with Gasteiger partial charge in [-0.3, -0.25) is 36.8 Å². The monoisotopic (exact) mass is 1790 g/mol. The molecule has 0 N–H and O–H groups in total. The molecule has 0 aliphatic rings. The number of nitrogens with zero attached hydrogens (tertiary/aromatic N) is 14. The summed E-state index contributed by atoms with van der Waals surface area (Å²) < 4.78 is 6.64. The number of benzene rings is 19. The summed E-state index contributed by atoms with van der Waals surface area (Å²) in [7, 11) is 0. The molecule has 0 saturated heterocycles. The molecule has 8 aromatic heterocycles. The number of aromatic nitrogens is 8. The Morgan fingerprint density at radius 2 is 0.486 bits per heavy atom. The topological polar surface area (TPSA) is 280 Å². The van der Waals surface area contributed by atoms with Crippen molar-refractivity contribution in [1.82, 2.24) is 37.5 Å². The van der Waals surface area contributed by atoms with Crippen LogP contribution < -0.4 is 22.2 Å². The summed E-state index contributed by atoms with van der Waals surface area (Å²) in [5.74, 6) is 0. The van der Waals surface area contributed by atoms with Crippen molar-refractivity contribution in [3.63, 3.8) is 0 Å². The molecule has 0 fully saturated rings. The number of rotatable bonds is 5. The van der Waals surface area contributed by atoms with E-state index < -0.39 is 0 Å². The van der Waals surface area contributed by atoms with E-state index in [4.69, 9.17) is 19.9 Å². The molecule has 18 heteroatoms. The van der Waals surface area contributed by atoms with Crippen molar-refractivity contribution in [3.05, 3.63) is 474 Å². The third kappa shape index (κ3) is 14.3. The van der Waals surface area contributed by atoms with Gasteiger partial charge >= 0.3 is 0 Å². The molecule has 140 heavy (non-hydrogen) atoms. The fourth-order valence-corrected chi connectivity index (χ4v) is 19.6. The van der Waals surface area contributed by atoms with E-state index >= 15 is 0 Å². The van der Waals surface area contributed by atoms with E-state index in [1.807, 2.05) is 285 Å². The number of nitriles is 6. The number of para-hydroxylation sites is 4. The third-order valence-corrected chi connectivity index (χ3v) is 25.9. The second-order valence-electron chi connectivity index (χ2n) is 34.0. The lowest BCUT2D eigenvalue weighted by Crippen LogP contribution is -2.14. The summed E-state index contributed by atoms with van der Waals surface area (Å²) in [5.41, 5.74) is 22.8. The lowest BCUT2D eigenvalue weighted by molar-refractivity contribution is 1.19. The van der Waals surface area contributed by atoms with Gasteiger partial charge in [-0.05, 0) is 197 Å². The van der Waals surface area contributed by atoms with Crippen LogP contribution >= 0.6 is 0 Å².